The maximum atomic E-state index is 11.1. The molecular weight excluding hydrogens is 240 g/mol. The van der Waals surface area contributed by atoms with Crippen molar-refractivity contribution in [3.05, 3.63) is 29.3 Å². The summed E-state index contributed by atoms with van der Waals surface area (Å²) in [5, 5.41) is 27.6. The first-order valence-corrected chi connectivity index (χ1v) is 5.09. The average molecular weight is 252 g/mol. The fraction of sp³-hybridized carbons (Fsp3) is 0.167. The Kier molecular flexibility index (Phi) is 4.31. The highest BCUT2D eigenvalue weighted by Gasteiger charge is 2.13. The molecule has 0 unspecified atom stereocenters. The molecule has 18 heavy (non-hydrogen) atoms. The Bertz CT molecular complexity index is 504. The number of hydrogen-bond donors (Lipinski definition) is 3. The van der Waals surface area contributed by atoms with Gasteiger partial charge in [0.05, 0.1) is 6.61 Å². The molecule has 0 heterocycles. The molecule has 6 nitrogen and oxygen atoms in total. The number of phenols is 2. The first-order valence-electron chi connectivity index (χ1n) is 5.09. The van der Waals surface area contributed by atoms with Gasteiger partial charge >= 0.3 is 11.9 Å². The summed E-state index contributed by atoms with van der Waals surface area (Å²) in [6.07, 6.45) is 2.26. The van der Waals surface area contributed by atoms with Crippen LogP contribution in [0.15, 0.2) is 18.2 Å². The molecule has 1 rings (SSSR count). The second-order valence-corrected chi connectivity index (χ2v) is 3.32. The van der Waals surface area contributed by atoms with Crippen molar-refractivity contribution in [1.29, 1.82) is 0 Å². The Morgan fingerprint density at radius 1 is 1.28 bits per heavy atom. The third-order valence-electron chi connectivity index (χ3n) is 2.06. The Labute approximate surface area is 103 Å². The summed E-state index contributed by atoms with van der Waals surface area (Å²) < 4.78 is 4.63. The summed E-state index contributed by atoms with van der Waals surface area (Å²) in [5.74, 6) is -2.83. The Hall–Kier alpha value is -2.50. The van der Waals surface area contributed by atoms with Gasteiger partial charge in [-0.3, -0.25) is 0 Å². The van der Waals surface area contributed by atoms with Crippen LogP contribution in [0.4, 0.5) is 0 Å². The molecule has 96 valence electrons. The van der Waals surface area contributed by atoms with Crippen molar-refractivity contribution >= 4 is 18.0 Å². The molecule has 0 aliphatic carbocycles. The summed E-state index contributed by atoms with van der Waals surface area (Å²) >= 11 is 0. The number of esters is 1. The quantitative estimate of drug-likeness (QED) is 0.552. The standard InChI is InChI=1S/C12H12O6/c1-2-18-11(15)4-3-7-5-8(12(16)17)10(14)6-9(7)13/h3-6,13-14H,2H2,1H3,(H,16,17). The Morgan fingerprint density at radius 2 is 1.94 bits per heavy atom. The van der Waals surface area contributed by atoms with Crippen LogP contribution in [0, 0.1) is 0 Å². The van der Waals surface area contributed by atoms with E-state index in [4.69, 9.17) is 5.11 Å². The first kappa shape index (κ1) is 13.6. The van der Waals surface area contributed by atoms with Gasteiger partial charge in [0.1, 0.15) is 17.1 Å². The molecule has 0 radical (unpaired) electrons. The number of aromatic hydroxyl groups is 2. The number of carboxylic acid groups (broad SMARTS) is 1. The van der Waals surface area contributed by atoms with Gasteiger partial charge in [0.2, 0.25) is 0 Å². The molecule has 3 N–H and O–H groups in total. The van der Waals surface area contributed by atoms with Gasteiger partial charge in [-0.15, -0.1) is 0 Å². The predicted molar refractivity (Wildman–Crippen MR) is 62.4 cm³/mol. The van der Waals surface area contributed by atoms with Gasteiger partial charge in [0.25, 0.3) is 0 Å². The fourth-order valence-corrected chi connectivity index (χ4v) is 1.25. The highest BCUT2D eigenvalue weighted by atomic mass is 16.5. The van der Waals surface area contributed by atoms with Crippen LogP contribution >= 0.6 is 0 Å². The summed E-state index contributed by atoms with van der Waals surface area (Å²) in [6.45, 7) is 1.86. The largest absolute Gasteiger partial charge is 0.507 e. The van der Waals surface area contributed by atoms with E-state index in [2.05, 4.69) is 4.74 Å². The number of ether oxygens (including phenoxy) is 1. The van der Waals surface area contributed by atoms with Crippen molar-refractivity contribution in [3.8, 4) is 11.5 Å². The molecule has 0 saturated carbocycles. The second kappa shape index (κ2) is 5.72. The number of aromatic carboxylic acids is 1. The lowest BCUT2D eigenvalue weighted by Gasteiger charge is -2.04. The molecule has 0 fully saturated rings. The predicted octanol–water partition coefficient (Wildman–Crippen LogP) is 1.37. The number of carbonyl (C=O) groups excluding carboxylic acids is 1. The minimum absolute atomic E-state index is 0.0956. The van der Waals surface area contributed by atoms with E-state index in [0.29, 0.717) is 0 Å². The van der Waals surface area contributed by atoms with Gasteiger partial charge in [0.15, 0.2) is 0 Å². The van der Waals surface area contributed by atoms with Gasteiger partial charge in [-0.05, 0) is 19.1 Å². The minimum Gasteiger partial charge on any atom is -0.507 e. The fourth-order valence-electron chi connectivity index (χ4n) is 1.25. The first-order chi connectivity index (χ1) is 8.45. The topological polar surface area (TPSA) is 104 Å². The highest BCUT2D eigenvalue weighted by molar-refractivity contribution is 5.93. The van der Waals surface area contributed by atoms with E-state index < -0.39 is 17.7 Å². The van der Waals surface area contributed by atoms with Crippen molar-refractivity contribution in [2.75, 3.05) is 6.61 Å². The van der Waals surface area contributed by atoms with Crippen LogP contribution in [0.3, 0.4) is 0 Å². The molecule has 1 aromatic rings. The molecule has 1 aromatic carbocycles. The number of benzene rings is 1. The number of carbonyl (C=O) groups is 2. The van der Waals surface area contributed by atoms with Crippen molar-refractivity contribution in [3.63, 3.8) is 0 Å². The van der Waals surface area contributed by atoms with Crippen LogP contribution in [0.25, 0.3) is 6.08 Å². The minimum atomic E-state index is -1.33. The highest BCUT2D eigenvalue weighted by Crippen LogP contribution is 2.28. The van der Waals surface area contributed by atoms with E-state index in [9.17, 15) is 19.8 Å². The molecular formula is C12H12O6. The Balaban J connectivity index is 3.06. The second-order valence-electron chi connectivity index (χ2n) is 3.32. The summed E-state index contributed by atoms with van der Waals surface area (Å²) in [6, 6.07) is 1.96. The SMILES string of the molecule is CCOC(=O)C=Cc1cc(C(=O)O)c(O)cc1O. The van der Waals surface area contributed by atoms with Gasteiger partial charge < -0.3 is 20.1 Å². The molecule has 0 aliphatic rings. The van der Waals surface area contributed by atoms with E-state index in [1.165, 1.54) is 6.08 Å². The van der Waals surface area contributed by atoms with Gasteiger partial charge in [-0.25, -0.2) is 9.59 Å². The normalized spacial score (nSPS) is 10.5. The number of phenolic OH excluding ortho intramolecular Hbond substituents is 1. The molecule has 0 amide bonds. The molecule has 6 heteroatoms. The summed E-state index contributed by atoms with van der Waals surface area (Å²) in [5.41, 5.74) is -0.269. The lowest BCUT2D eigenvalue weighted by molar-refractivity contribution is -0.137. The number of rotatable bonds is 4. The van der Waals surface area contributed by atoms with Crippen LogP contribution in [-0.2, 0) is 9.53 Å². The van der Waals surface area contributed by atoms with Gasteiger partial charge in [0, 0.05) is 17.7 Å². The van der Waals surface area contributed by atoms with E-state index in [1.807, 2.05) is 0 Å². The molecule has 0 aliphatic heterocycles. The van der Waals surface area contributed by atoms with Crippen molar-refractivity contribution < 1.29 is 29.6 Å². The molecule has 0 saturated heterocycles. The summed E-state index contributed by atoms with van der Waals surface area (Å²) in [4.78, 5) is 21.8. The molecule has 0 atom stereocenters. The molecule has 0 bridgehead atoms. The zero-order chi connectivity index (χ0) is 13.7. The van der Waals surface area contributed by atoms with E-state index in [-0.39, 0.29) is 23.5 Å². The summed E-state index contributed by atoms with van der Waals surface area (Å²) in [7, 11) is 0. The molecule has 0 spiro atoms. The lowest BCUT2D eigenvalue weighted by Crippen LogP contribution is -1.99. The number of hydrogen-bond acceptors (Lipinski definition) is 5. The maximum absolute atomic E-state index is 11.1. The molecule has 0 aromatic heterocycles. The third kappa shape index (κ3) is 3.24. The monoisotopic (exact) mass is 252 g/mol. The maximum Gasteiger partial charge on any atom is 0.339 e. The Morgan fingerprint density at radius 3 is 2.50 bits per heavy atom. The van der Waals surface area contributed by atoms with Crippen molar-refractivity contribution in [1.82, 2.24) is 0 Å². The van der Waals surface area contributed by atoms with Crippen LogP contribution < -0.4 is 0 Å². The zero-order valence-corrected chi connectivity index (χ0v) is 9.58. The van der Waals surface area contributed by atoms with Gasteiger partial charge in [-0.2, -0.15) is 0 Å². The lowest BCUT2D eigenvalue weighted by atomic mass is 10.1. The van der Waals surface area contributed by atoms with E-state index >= 15 is 0 Å². The van der Waals surface area contributed by atoms with Crippen molar-refractivity contribution in [2.45, 2.75) is 6.92 Å². The van der Waals surface area contributed by atoms with E-state index in [1.54, 1.807) is 6.92 Å². The van der Waals surface area contributed by atoms with Crippen LogP contribution in [-0.4, -0.2) is 33.9 Å². The average Bonchev–Trinajstić information content (AvgIpc) is 2.27. The smallest absolute Gasteiger partial charge is 0.339 e. The zero-order valence-electron chi connectivity index (χ0n) is 9.58. The van der Waals surface area contributed by atoms with Gasteiger partial charge in [-0.1, -0.05) is 0 Å². The third-order valence-corrected chi connectivity index (χ3v) is 2.06. The van der Waals surface area contributed by atoms with Crippen LogP contribution in [0.2, 0.25) is 0 Å². The van der Waals surface area contributed by atoms with Crippen LogP contribution in [0.5, 0.6) is 11.5 Å². The van der Waals surface area contributed by atoms with Crippen LogP contribution in [0.1, 0.15) is 22.8 Å². The van der Waals surface area contributed by atoms with E-state index in [0.717, 1.165) is 18.2 Å². The number of carboxylic acids is 1. The van der Waals surface area contributed by atoms with Crippen molar-refractivity contribution in [2.24, 2.45) is 0 Å².